The number of rotatable bonds is 6. The molecule has 4 nitrogen and oxygen atoms in total. The van der Waals surface area contributed by atoms with Crippen molar-refractivity contribution in [2.75, 3.05) is 0 Å². The second-order valence-electron chi connectivity index (χ2n) is 5.56. The Hall–Kier alpha value is -1.55. The van der Waals surface area contributed by atoms with E-state index in [2.05, 4.69) is 49.7 Å². The van der Waals surface area contributed by atoms with Gasteiger partial charge in [0.05, 0.1) is 18.5 Å². The SMILES string of the molecule is CCCn1nc(C)c(-c2ccoc2CNC(C)C)c1C. The molecular formula is C16H25N3O. The van der Waals surface area contributed by atoms with Gasteiger partial charge in [0, 0.05) is 29.4 Å². The zero-order valence-corrected chi connectivity index (χ0v) is 13.2. The van der Waals surface area contributed by atoms with Crippen LogP contribution in [-0.4, -0.2) is 15.8 Å². The van der Waals surface area contributed by atoms with Crippen LogP contribution in [0.4, 0.5) is 0 Å². The van der Waals surface area contributed by atoms with E-state index in [1.807, 2.05) is 6.07 Å². The Kier molecular flexibility index (Phi) is 4.65. The van der Waals surface area contributed by atoms with Crippen molar-refractivity contribution in [3.8, 4) is 11.1 Å². The summed E-state index contributed by atoms with van der Waals surface area (Å²) in [4.78, 5) is 0. The summed E-state index contributed by atoms with van der Waals surface area (Å²) >= 11 is 0. The van der Waals surface area contributed by atoms with Gasteiger partial charge in [-0.05, 0) is 26.3 Å². The van der Waals surface area contributed by atoms with Gasteiger partial charge < -0.3 is 9.73 Å². The summed E-state index contributed by atoms with van der Waals surface area (Å²) in [7, 11) is 0. The van der Waals surface area contributed by atoms with Gasteiger partial charge in [0.1, 0.15) is 5.76 Å². The molecule has 0 saturated heterocycles. The number of hydrogen-bond acceptors (Lipinski definition) is 3. The van der Waals surface area contributed by atoms with E-state index in [9.17, 15) is 0 Å². The van der Waals surface area contributed by atoms with Crippen LogP contribution in [0.15, 0.2) is 16.7 Å². The van der Waals surface area contributed by atoms with Gasteiger partial charge in [-0.25, -0.2) is 0 Å². The molecule has 0 bridgehead atoms. The molecule has 20 heavy (non-hydrogen) atoms. The van der Waals surface area contributed by atoms with Crippen molar-refractivity contribution in [3.63, 3.8) is 0 Å². The summed E-state index contributed by atoms with van der Waals surface area (Å²) in [6.07, 6.45) is 2.86. The number of nitrogens with one attached hydrogen (secondary N) is 1. The Balaban J connectivity index is 2.34. The third-order valence-electron chi connectivity index (χ3n) is 3.50. The third-order valence-corrected chi connectivity index (χ3v) is 3.50. The zero-order chi connectivity index (χ0) is 14.7. The summed E-state index contributed by atoms with van der Waals surface area (Å²) < 4.78 is 7.74. The molecule has 0 aliphatic carbocycles. The molecular weight excluding hydrogens is 250 g/mol. The third kappa shape index (κ3) is 2.96. The smallest absolute Gasteiger partial charge is 0.125 e. The van der Waals surface area contributed by atoms with E-state index in [4.69, 9.17) is 4.42 Å². The van der Waals surface area contributed by atoms with Crippen LogP contribution in [0.2, 0.25) is 0 Å². The fraction of sp³-hybridized carbons (Fsp3) is 0.562. The number of furan rings is 1. The molecule has 0 atom stereocenters. The highest BCUT2D eigenvalue weighted by atomic mass is 16.3. The predicted molar refractivity (Wildman–Crippen MR) is 81.7 cm³/mol. The quantitative estimate of drug-likeness (QED) is 0.874. The Labute approximate surface area is 121 Å². The van der Waals surface area contributed by atoms with Crippen molar-refractivity contribution in [1.29, 1.82) is 0 Å². The topological polar surface area (TPSA) is 43.0 Å². The fourth-order valence-electron chi connectivity index (χ4n) is 2.51. The summed E-state index contributed by atoms with van der Waals surface area (Å²) in [6, 6.07) is 2.49. The molecule has 2 heterocycles. The van der Waals surface area contributed by atoms with Crippen molar-refractivity contribution >= 4 is 0 Å². The highest BCUT2D eigenvalue weighted by Crippen LogP contribution is 2.31. The van der Waals surface area contributed by atoms with E-state index in [0.717, 1.165) is 36.5 Å². The lowest BCUT2D eigenvalue weighted by atomic mass is 10.0. The highest BCUT2D eigenvalue weighted by molar-refractivity contribution is 5.70. The molecule has 0 amide bonds. The van der Waals surface area contributed by atoms with Gasteiger partial charge in [-0.2, -0.15) is 5.10 Å². The first-order chi connectivity index (χ1) is 9.54. The van der Waals surface area contributed by atoms with Crippen LogP contribution in [0, 0.1) is 13.8 Å². The predicted octanol–water partition coefficient (Wildman–Crippen LogP) is 3.67. The zero-order valence-electron chi connectivity index (χ0n) is 13.2. The summed E-state index contributed by atoms with van der Waals surface area (Å²) in [5.74, 6) is 0.987. The van der Waals surface area contributed by atoms with E-state index in [1.165, 1.54) is 11.3 Å². The lowest BCUT2D eigenvalue weighted by Crippen LogP contribution is -2.21. The maximum Gasteiger partial charge on any atom is 0.125 e. The Morgan fingerprint density at radius 2 is 2.10 bits per heavy atom. The fourth-order valence-corrected chi connectivity index (χ4v) is 2.51. The van der Waals surface area contributed by atoms with Crippen molar-refractivity contribution in [1.82, 2.24) is 15.1 Å². The van der Waals surface area contributed by atoms with Gasteiger partial charge in [0.25, 0.3) is 0 Å². The molecule has 0 unspecified atom stereocenters. The molecule has 2 rings (SSSR count). The first-order valence-corrected chi connectivity index (χ1v) is 7.38. The maximum atomic E-state index is 5.65. The molecule has 0 aliphatic heterocycles. The Bertz CT molecular complexity index is 566. The molecule has 0 fully saturated rings. The van der Waals surface area contributed by atoms with Gasteiger partial charge in [-0.15, -0.1) is 0 Å². The maximum absolute atomic E-state index is 5.65. The molecule has 0 saturated carbocycles. The van der Waals surface area contributed by atoms with Crippen molar-refractivity contribution in [3.05, 3.63) is 29.5 Å². The average molecular weight is 275 g/mol. The molecule has 0 spiro atoms. The van der Waals surface area contributed by atoms with Crippen molar-refractivity contribution in [2.24, 2.45) is 0 Å². The van der Waals surface area contributed by atoms with Crippen LogP contribution in [0.1, 0.15) is 44.3 Å². The molecule has 0 aliphatic rings. The first kappa shape index (κ1) is 14.9. The van der Waals surface area contributed by atoms with E-state index in [1.54, 1.807) is 6.26 Å². The van der Waals surface area contributed by atoms with E-state index < -0.39 is 0 Å². The molecule has 0 radical (unpaired) electrons. The van der Waals surface area contributed by atoms with E-state index in [-0.39, 0.29) is 0 Å². The first-order valence-electron chi connectivity index (χ1n) is 7.38. The molecule has 2 aromatic rings. The lowest BCUT2D eigenvalue weighted by Gasteiger charge is -2.08. The Morgan fingerprint density at radius 1 is 1.35 bits per heavy atom. The van der Waals surface area contributed by atoms with Crippen LogP contribution < -0.4 is 5.32 Å². The number of hydrogen-bond donors (Lipinski definition) is 1. The number of nitrogens with zero attached hydrogens (tertiary/aromatic N) is 2. The van der Waals surface area contributed by atoms with Crippen LogP contribution in [0.5, 0.6) is 0 Å². The number of aryl methyl sites for hydroxylation is 2. The van der Waals surface area contributed by atoms with Crippen LogP contribution in [0.25, 0.3) is 11.1 Å². The molecule has 110 valence electrons. The summed E-state index contributed by atoms with van der Waals surface area (Å²) in [5, 5.41) is 8.05. The summed E-state index contributed by atoms with van der Waals surface area (Å²) in [5.41, 5.74) is 4.67. The number of aromatic nitrogens is 2. The van der Waals surface area contributed by atoms with Gasteiger partial charge >= 0.3 is 0 Å². The van der Waals surface area contributed by atoms with Crippen molar-refractivity contribution < 1.29 is 4.42 Å². The van der Waals surface area contributed by atoms with E-state index in [0.29, 0.717) is 6.04 Å². The minimum absolute atomic E-state index is 0.443. The van der Waals surface area contributed by atoms with Gasteiger partial charge in [-0.1, -0.05) is 20.8 Å². The second-order valence-corrected chi connectivity index (χ2v) is 5.56. The van der Waals surface area contributed by atoms with Crippen LogP contribution >= 0.6 is 0 Å². The monoisotopic (exact) mass is 275 g/mol. The molecule has 2 aromatic heterocycles. The van der Waals surface area contributed by atoms with Crippen LogP contribution in [-0.2, 0) is 13.1 Å². The van der Waals surface area contributed by atoms with Crippen LogP contribution in [0.3, 0.4) is 0 Å². The molecule has 4 heteroatoms. The standard InChI is InChI=1S/C16H25N3O/c1-6-8-19-13(5)16(12(4)18-19)14-7-9-20-15(14)10-17-11(2)3/h7,9,11,17H,6,8,10H2,1-5H3. The average Bonchev–Trinajstić information content (AvgIpc) is 2.93. The minimum atomic E-state index is 0.443. The largest absolute Gasteiger partial charge is 0.467 e. The van der Waals surface area contributed by atoms with Crippen molar-refractivity contribution in [2.45, 2.75) is 60.2 Å². The Morgan fingerprint density at radius 3 is 2.75 bits per heavy atom. The van der Waals surface area contributed by atoms with E-state index >= 15 is 0 Å². The van der Waals surface area contributed by atoms with Gasteiger partial charge in [-0.3, -0.25) is 4.68 Å². The summed E-state index contributed by atoms with van der Waals surface area (Å²) in [6.45, 7) is 12.4. The normalized spacial score (nSPS) is 11.5. The molecule has 0 aromatic carbocycles. The van der Waals surface area contributed by atoms with Gasteiger partial charge in [0.15, 0.2) is 0 Å². The minimum Gasteiger partial charge on any atom is -0.467 e. The second kappa shape index (κ2) is 6.27. The lowest BCUT2D eigenvalue weighted by molar-refractivity contribution is 0.466. The highest BCUT2D eigenvalue weighted by Gasteiger charge is 2.18. The molecule has 1 N–H and O–H groups in total. The van der Waals surface area contributed by atoms with Gasteiger partial charge in [0.2, 0.25) is 0 Å².